The van der Waals surface area contributed by atoms with E-state index < -0.39 is 17.9 Å². The van der Waals surface area contributed by atoms with E-state index in [0.717, 1.165) is 6.08 Å². The van der Waals surface area contributed by atoms with Crippen molar-refractivity contribution < 1.29 is 33.3 Å². The van der Waals surface area contributed by atoms with Gasteiger partial charge in [-0.2, -0.15) is 0 Å². The van der Waals surface area contributed by atoms with Crippen LogP contribution in [0.1, 0.15) is 16.8 Å². The summed E-state index contributed by atoms with van der Waals surface area (Å²) in [5.41, 5.74) is 0.286. The molecule has 124 valence electrons. The predicted octanol–water partition coefficient (Wildman–Crippen LogP) is 1.51. The average molecular weight is 322 g/mol. The minimum Gasteiger partial charge on any atom is -0.462 e. The molecule has 1 aromatic rings. The largest absolute Gasteiger partial charge is 0.462 e. The number of methoxy groups -OCH3 is 1. The van der Waals surface area contributed by atoms with Crippen molar-refractivity contribution in [1.82, 2.24) is 0 Å². The lowest BCUT2D eigenvalue weighted by atomic mass is 10.2. The monoisotopic (exact) mass is 322 g/mol. The molecule has 23 heavy (non-hydrogen) atoms. The third-order valence-corrected chi connectivity index (χ3v) is 2.56. The number of benzene rings is 1. The standard InChI is InChI=1S/C16H18O7/c1-3-14(17)23-13-6-4-12(5-7-13)16(19)22-11-10-21-15(18)8-9-20-2/h3-7H,1,8-11H2,2H3. The molecule has 0 unspecified atom stereocenters. The highest BCUT2D eigenvalue weighted by Gasteiger charge is 2.09. The van der Waals surface area contributed by atoms with E-state index >= 15 is 0 Å². The third kappa shape index (κ3) is 7.23. The fraction of sp³-hybridized carbons (Fsp3) is 0.312. The number of hydrogen-bond donors (Lipinski definition) is 0. The molecule has 0 saturated heterocycles. The van der Waals surface area contributed by atoms with Gasteiger partial charge in [0.15, 0.2) is 0 Å². The van der Waals surface area contributed by atoms with Crippen LogP contribution in [-0.2, 0) is 23.8 Å². The molecule has 0 amide bonds. The highest BCUT2D eigenvalue weighted by Crippen LogP contribution is 2.13. The topological polar surface area (TPSA) is 88.1 Å². The molecule has 1 rings (SSSR count). The van der Waals surface area contributed by atoms with Crippen molar-refractivity contribution in [3.05, 3.63) is 42.5 Å². The number of ether oxygens (including phenoxy) is 4. The molecule has 0 aliphatic heterocycles. The number of carbonyl (C=O) groups is 3. The first-order valence-electron chi connectivity index (χ1n) is 6.82. The lowest BCUT2D eigenvalue weighted by Crippen LogP contribution is -2.15. The number of esters is 3. The van der Waals surface area contributed by atoms with Gasteiger partial charge in [0, 0.05) is 13.2 Å². The summed E-state index contributed by atoms with van der Waals surface area (Å²) >= 11 is 0. The maximum Gasteiger partial charge on any atom is 0.338 e. The van der Waals surface area contributed by atoms with E-state index in [9.17, 15) is 14.4 Å². The Kier molecular flexibility index (Phi) is 8.09. The molecule has 0 aromatic heterocycles. The van der Waals surface area contributed by atoms with Crippen LogP contribution >= 0.6 is 0 Å². The Balaban J connectivity index is 2.33. The first kappa shape index (κ1) is 18.4. The van der Waals surface area contributed by atoms with Gasteiger partial charge in [-0.05, 0) is 24.3 Å². The molecule has 0 saturated carbocycles. The molecule has 7 heteroatoms. The van der Waals surface area contributed by atoms with Crippen LogP contribution in [0.15, 0.2) is 36.9 Å². The first-order valence-corrected chi connectivity index (χ1v) is 6.82. The zero-order valence-corrected chi connectivity index (χ0v) is 12.8. The van der Waals surface area contributed by atoms with E-state index in [0.29, 0.717) is 5.75 Å². The lowest BCUT2D eigenvalue weighted by Gasteiger charge is -2.07. The van der Waals surface area contributed by atoms with Gasteiger partial charge in [0.2, 0.25) is 0 Å². The van der Waals surface area contributed by atoms with Crippen LogP contribution in [0.4, 0.5) is 0 Å². The van der Waals surface area contributed by atoms with Gasteiger partial charge in [-0.15, -0.1) is 0 Å². The molecule has 0 spiro atoms. The Bertz CT molecular complexity index is 548. The molecule has 1 aromatic carbocycles. The van der Waals surface area contributed by atoms with Gasteiger partial charge in [-0.1, -0.05) is 6.58 Å². The van der Waals surface area contributed by atoms with Gasteiger partial charge >= 0.3 is 17.9 Å². The van der Waals surface area contributed by atoms with Crippen LogP contribution in [0.25, 0.3) is 0 Å². The van der Waals surface area contributed by atoms with Gasteiger partial charge < -0.3 is 18.9 Å². The summed E-state index contributed by atoms with van der Waals surface area (Å²) in [6, 6.07) is 5.84. The summed E-state index contributed by atoms with van der Waals surface area (Å²) < 4.78 is 19.4. The van der Waals surface area contributed by atoms with Crippen molar-refractivity contribution in [2.45, 2.75) is 6.42 Å². The number of hydrogen-bond acceptors (Lipinski definition) is 7. The molecule has 0 radical (unpaired) electrons. The number of carbonyl (C=O) groups excluding carboxylic acids is 3. The summed E-state index contributed by atoms with van der Waals surface area (Å²) in [5.74, 6) is -1.29. The maximum absolute atomic E-state index is 11.7. The third-order valence-electron chi connectivity index (χ3n) is 2.56. The van der Waals surface area contributed by atoms with E-state index in [1.165, 1.54) is 31.4 Å². The SMILES string of the molecule is C=CC(=O)Oc1ccc(C(=O)OCCOC(=O)CCOC)cc1. The quantitative estimate of drug-likeness (QED) is 0.295. The molecule has 0 atom stereocenters. The summed E-state index contributed by atoms with van der Waals surface area (Å²) in [6.45, 7) is 3.49. The van der Waals surface area contributed by atoms with Crippen LogP contribution in [-0.4, -0.2) is 44.8 Å². The second-order valence-corrected chi connectivity index (χ2v) is 4.25. The van der Waals surface area contributed by atoms with Crippen LogP contribution in [0.2, 0.25) is 0 Å². The second-order valence-electron chi connectivity index (χ2n) is 4.25. The smallest absolute Gasteiger partial charge is 0.338 e. The van der Waals surface area contributed by atoms with Crippen molar-refractivity contribution in [1.29, 1.82) is 0 Å². The van der Waals surface area contributed by atoms with Gasteiger partial charge in [0.25, 0.3) is 0 Å². The Labute approximate surface area is 133 Å². The van der Waals surface area contributed by atoms with E-state index in [1.807, 2.05) is 0 Å². The molecular formula is C16H18O7. The lowest BCUT2D eigenvalue weighted by molar-refractivity contribution is -0.145. The summed E-state index contributed by atoms with van der Waals surface area (Å²) in [4.78, 5) is 33.9. The minimum absolute atomic E-state index is 0.0245. The zero-order valence-electron chi connectivity index (χ0n) is 12.8. The van der Waals surface area contributed by atoms with Crippen LogP contribution in [0.3, 0.4) is 0 Å². The normalized spacial score (nSPS) is 9.78. The van der Waals surface area contributed by atoms with Gasteiger partial charge in [-0.25, -0.2) is 9.59 Å². The van der Waals surface area contributed by atoms with Crippen molar-refractivity contribution >= 4 is 17.9 Å². The highest BCUT2D eigenvalue weighted by molar-refractivity contribution is 5.89. The van der Waals surface area contributed by atoms with Crippen molar-refractivity contribution in [3.8, 4) is 5.75 Å². The van der Waals surface area contributed by atoms with Crippen molar-refractivity contribution in [3.63, 3.8) is 0 Å². The zero-order chi connectivity index (χ0) is 17.1. The fourth-order valence-electron chi connectivity index (χ4n) is 1.45. The Morgan fingerprint density at radius 2 is 1.70 bits per heavy atom. The molecule has 0 aliphatic rings. The second kappa shape index (κ2) is 10.1. The Hall–Kier alpha value is -2.67. The van der Waals surface area contributed by atoms with Crippen molar-refractivity contribution in [2.24, 2.45) is 0 Å². The molecule has 0 fully saturated rings. The molecule has 0 heterocycles. The molecule has 0 aliphatic carbocycles. The summed E-state index contributed by atoms with van der Waals surface area (Å²) in [6.07, 6.45) is 1.19. The van der Waals surface area contributed by atoms with Crippen LogP contribution in [0.5, 0.6) is 5.75 Å². The summed E-state index contributed by atoms with van der Waals surface area (Å²) in [7, 11) is 1.48. The van der Waals surface area contributed by atoms with Crippen molar-refractivity contribution in [2.75, 3.05) is 26.9 Å². The first-order chi connectivity index (χ1) is 11.1. The molecule has 7 nitrogen and oxygen atoms in total. The molecule has 0 bridgehead atoms. The van der Waals surface area contributed by atoms with Gasteiger partial charge in [-0.3, -0.25) is 4.79 Å². The minimum atomic E-state index is -0.587. The summed E-state index contributed by atoms with van der Waals surface area (Å²) in [5, 5.41) is 0. The van der Waals surface area contributed by atoms with E-state index in [2.05, 4.69) is 6.58 Å². The molecule has 0 N–H and O–H groups in total. The molecular weight excluding hydrogens is 304 g/mol. The Morgan fingerprint density at radius 1 is 1.04 bits per heavy atom. The van der Waals surface area contributed by atoms with E-state index in [-0.39, 0.29) is 31.8 Å². The average Bonchev–Trinajstić information content (AvgIpc) is 2.57. The maximum atomic E-state index is 11.7. The highest BCUT2D eigenvalue weighted by atomic mass is 16.6. The Morgan fingerprint density at radius 3 is 2.30 bits per heavy atom. The van der Waals surface area contributed by atoms with Crippen LogP contribution < -0.4 is 4.74 Å². The van der Waals surface area contributed by atoms with E-state index in [4.69, 9.17) is 18.9 Å². The van der Waals surface area contributed by atoms with E-state index in [1.54, 1.807) is 0 Å². The van der Waals surface area contributed by atoms with Gasteiger partial charge in [0.05, 0.1) is 18.6 Å². The number of rotatable bonds is 9. The predicted molar refractivity (Wildman–Crippen MR) is 80.0 cm³/mol. The van der Waals surface area contributed by atoms with Crippen LogP contribution in [0, 0.1) is 0 Å². The fourth-order valence-corrected chi connectivity index (χ4v) is 1.45. The van der Waals surface area contributed by atoms with Gasteiger partial charge in [0.1, 0.15) is 19.0 Å².